The van der Waals surface area contributed by atoms with E-state index in [-0.39, 0.29) is 27.8 Å². The summed E-state index contributed by atoms with van der Waals surface area (Å²) >= 11 is 12.0. The van der Waals surface area contributed by atoms with Gasteiger partial charge in [-0.2, -0.15) is 0 Å². The van der Waals surface area contributed by atoms with Gasteiger partial charge < -0.3 is 10.6 Å². The molecule has 2 atom stereocenters. The number of anilines is 2. The van der Waals surface area contributed by atoms with Crippen LogP contribution in [0, 0.1) is 5.92 Å². The van der Waals surface area contributed by atoms with Crippen LogP contribution >= 0.6 is 23.2 Å². The number of pyridine rings is 1. The lowest BCUT2D eigenvalue weighted by atomic mass is 10.2. The number of halogens is 3. The number of aromatic nitrogens is 1. The van der Waals surface area contributed by atoms with Crippen LogP contribution in [-0.2, 0) is 4.79 Å². The summed E-state index contributed by atoms with van der Waals surface area (Å²) in [7, 11) is 0. The van der Waals surface area contributed by atoms with Crippen LogP contribution < -0.4 is 10.6 Å². The third-order valence-electron chi connectivity index (χ3n) is 3.51. The van der Waals surface area contributed by atoms with Gasteiger partial charge in [0.25, 0.3) is 5.91 Å². The molecule has 0 saturated heterocycles. The van der Waals surface area contributed by atoms with Crippen molar-refractivity contribution >= 4 is 46.5 Å². The number of hydrogen-bond donors (Lipinski definition) is 2. The van der Waals surface area contributed by atoms with E-state index in [1.54, 1.807) is 24.3 Å². The van der Waals surface area contributed by atoms with Gasteiger partial charge in [-0.1, -0.05) is 29.3 Å². The van der Waals surface area contributed by atoms with E-state index >= 15 is 0 Å². The van der Waals surface area contributed by atoms with E-state index in [1.165, 1.54) is 12.3 Å². The smallest absolute Gasteiger partial charge is 0.258 e. The Balaban J connectivity index is 1.72. The quantitative estimate of drug-likeness (QED) is 0.859. The van der Waals surface area contributed by atoms with Crippen molar-refractivity contribution in [1.82, 2.24) is 4.98 Å². The van der Waals surface area contributed by atoms with Crippen molar-refractivity contribution in [3.63, 3.8) is 0 Å². The highest BCUT2D eigenvalue weighted by Gasteiger charge is 2.43. The number of hydrogen-bond acceptors (Lipinski definition) is 3. The van der Waals surface area contributed by atoms with Crippen molar-refractivity contribution in [2.24, 2.45) is 5.92 Å². The molecule has 8 heteroatoms. The average molecular weight is 368 g/mol. The van der Waals surface area contributed by atoms with Crippen LogP contribution in [0.3, 0.4) is 0 Å². The lowest BCUT2D eigenvalue weighted by molar-refractivity contribution is -0.117. The maximum Gasteiger partial charge on any atom is 0.258 e. The van der Waals surface area contributed by atoms with Gasteiger partial charge in [0.05, 0.1) is 21.5 Å². The third-order valence-corrected chi connectivity index (χ3v) is 4.14. The Labute approximate surface area is 147 Å². The third kappa shape index (κ3) is 3.66. The average Bonchev–Trinajstić information content (AvgIpc) is 3.24. The van der Waals surface area contributed by atoms with Crippen LogP contribution in [0.1, 0.15) is 16.8 Å². The monoisotopic (exact) mass is 367 g/mol. The molecule has 0 unspecified atom stereocenters. The molecular formula is C16H12Cl2FN3O2. The highest BCUT2D eigenvalue weighted by Crippen LogP contribution is 2.34. The normalized spacial score (nSPS) is 18.8. The molecule has 0 spiro atoms. The van der Waals surface area contributed by atoms with Gasteiger partial charge in [-0.25, -0.2) is 9.37 Å². The molecule has 1 aliphatic carbocycles. The maximum absolute atomic E-state index is 12.9. The largest absolute Gasteiger partial charge is 0.322 e. The zero-order chi connectivity index (χ0) is 17.3. The molecule has 1 aliphatic rings. The number of benzene rings is 1. The highest BCUT2D eigenvalue weighted by atomic mass is 35.5. The van der Waals surface area contributed by atoms with Gasteiger partial charge in [-0.15, -0.1) is 0 Å². The standard InChI is InChI=1S/C16H12Cl2FN3O2/c17-10-2-1-3-11(18)14(10)16(24)21-8-4-5-20-13(6-8)22-15(23)9-7-12(9)19/h1-6,9,12H,7H2,(H2,20,21,22,23,24)/t9-,12-/m1/s1. The number of nitrogens with one attached hydrogen (secondary N) is 2. The molecule has 24 heavy (non-hydrogen) atoms. The van der Waals surface area contributed by atoms with Gasteiger partial charge in [-0.05, 0) is 24.6 Å². The predicted octanol–water partition coefficient (Wildman–Crippen LogP) is 3.94. The van der Waals surface area contributed by atoms with E-state index in [2.05, 4.69) is 15.6 Å². The summed E-state index contributed by atoms with van der Waals surface area (Å²) in [6, 6.07) is 7.77. The highest BCUT2D eigenvalue weighted by molar-refractivity contribution is 6.40. The first kappa shape index (κ1) is 16.7. The number of rotatable bonds is 4. The molecule has 2 aromatic rings. The molecular weight excluding hydrogens is 356 g/mol. The Bertz CT molecular complexity index is 795. The fourth-order valence-corrected chi connectivity index (χ4v) is 2.71. The summed E-state index contributed by atoms with van der Waals surface area (Å²) in [5.74, 6) is -1.30. The first-order valence-corrected chi connectivity index (χ1v) is 7.87. The number of alkyl halides is 1. The second-order valence-electron chi connectivity index (χ2n) is 5.33. The Hall–Kier alpha value is -2.18. The maximum atomic E-state index is 12.9. The molecule has 5 nitrogen and oxygen atoms in total. The summed E-state index contributed by atoms with van der Waals surface area (Å²) in [4.78, 5) is 28.0. The molecule has 1 aromatic heterocycles. The molecule has 3 rings (SSSR count). The molecule has 1 fully saturated rings. The van der Waals surface area contributed by atoms with Gasteiger partial charge in [-0.3, -0.25) is 9.59 Å². The Morgan fingerprint density at radius 3 is 2.46 bits per heavy atom. The molecule has 0 bridgehead atoms. The Kier molecular flexibility index (Phi) is 4.69. The van der Waals surface area contributed by atoms with Gasteiger partial charge in [0.15, 0.2) is 0 Å². The van der Waals surface area contributed by atoms with E-state index in [4.69, 9.17) is 23.2 Å². The van der Waals surface area contributed by atoms with E-state index < -0.39 is 23.9 Å². The van der Waals surface area contributed by atoms with Crippen LogP contribution in [0.4, 0.5) is 15.9 Å². The van der Waals surface area contributed by atoms with E-state index in [0.717, 1.165) is 0 Å². The summed E-state index contributed by atoms with van der Waals surface area (Å²) in [6.07, 6.45) is 0.558. The first-order chi connectivity index (χ1) is 11.5. The SMILES string of the molecule is O=C(Nc1ccnc(NC(=O)[C@@H]2C[C@H]2F)c1)c1c(Cl)cccc1Cl. The van der Waals surface area contributed by atoms with Crippen LogP contribution in [0.2, 0.25) is 10.0 Å². The second kappa shape index (κ2) is 6.75. The van der Waals surface area contributed by atoms with Crippen LogP contribution in [0.25, 0.3) is 0 Å². The van der Waals surface area contributed by atoms with Gasteiger partial charge in [0, 0.05) is 18.0 Å². The fourth-order valence-electron chi connectivity index (χ4n) is 2.14. The number of amides is 2. The Morgan fingerprint density at radius 2 is 1.83 bits per heavy atom. The number of carbonyl (C=O) groups is 2. The van der Waals surface area contributed by atoms with Crippen molar-refractivity contribution in [3.05, 3.63) is 52.1 Å². The lowest BCUT2D eigenvalue weighted by Gasteiger charge is -2.10. The van der Waals surface area contributed by atoms with Crippen molar-refractivity contribution in [3.8, 4) is 0 Å². The minimum absolute atomic E-state index is 0.154. The van der Waals surface area contributed by atoms with Crippen molar-refractivity contribution in [2.45, 2.75) is 12.6 Å². The number of carbonyl (C=O) groups excluding carboxylic acids is 2. The Morgan fingerprint density at radius 1 is 1.17 bits per heavy atom. The molecule has 1 aromatic carbocycles. The minimum Gasteiger partial charge on any atom is -0.322 e. The topological polar surface area (TPSA) is 71.1 Å². The van der Waals surface area contributed by atoms with Crippen molar-refractivity contribution in [2.75, 3.05) is 10.6 Å². The van der Waals surface area contributed by atoms with Crippen molar-refractivity contribution < 1.29 is 14.0 Å². The first-order valence-electron chi connectivity index (χ1n) is 7.12. The number of nitrogens with zero attached hydrogens (tertiary/aromatic N) is 1. The summed E-state index contributed by atoms with van der Waals surface area (Å²) < 4.78 is 12.9. The second-order valence-corrected chi connectivity index (χ2v) is 6.14. The zero-order valence-corrected chi connectivity index (χ0v) is 13.7. The molecule has 0 aliphatic heterocycles. The molecule has 0 radical (unpaired) electrons. The summed E-state index contributed by atoms with van der Waals surface area (Å²) in [6.45, 7) is 0. The zero-order valence-electron chi connectivity index (χ0n) is 12.2. The predicted molar refractivity (Wildman–Crippen MR) is 90.3 cm³/mol. The van der Waals surface area contributed by atoms with Gasteiger partial charge >= 0.3 is 0 Å². The fraction of sp³-hybridized carbons (Fsp3) is 0.188. The van der Waals surface area contributed by atoms with Crippen LogP contribution in [0.5, 0.6) is 0 Å². The van der Waals surface area contributed by atoms with Gasteiger partial charge in [0.1, 0.15) is 12.0 Å². The van der Waals surface area contributed by atoms with E-state index in [9.17, 15) is 14.0 Å². The summed E-state index contributed by atoms with van der Waals surface area (Å²) in [5, 5.41) is 5.61. The van der Waals surface area contributed by atoms with E-state index in [1.807, 2.05) is 0 Å². The minimum atomic E-state index is -1.09. The molecule has 124 valence electrons. The van der Waals surface area contributed by atoms with Crippen molar-refractivity contribution in [1.29, 1.82) is 0 Å². The molecule has 1 saturated carbocycles. The lowest BCUT2D eigenvalue weighted by Crippen LogP contribution is -2.17. The van der Waals surface area contributed by atoms with Crippen LogP contribution in [0.15, 0.2) is 36.5 Å². The van der Waals surface area contributed by atoms with Gasteiger partial charge in [0.2, 0.25) is 5.91 Å². The molecule has 2 amide bonds. The van der Waals surface area contributed by atoms with Crippen LogP contribution in [-0.4, -0.2) is 23.0 Å². The summed E-state index contributed by atoms with van der Waals surface area (Å²) in [5.41, 5.74) is 0.551. The van der Waals surface area contributed by atoms with E-state index in [0.29, 0.717) is 5.69 Å². The molecule has 1 heterocycles. The molecule has 2 N–H and O–H groups in total.